The van der Waals surface area contributed by atoms with Gasteiger partial charge in [-0.25, -0.2) is 4.98 Å². The van der Waals surface area contributed by atoms with Gasteiger partial charge in [-0.15, -0.1) is 11.3 Å². The van der Waals surface area contributed by atoms with Crippen molar-refractivity contribution in [2.75, 3.05) is 13.7 Å². The summed E-state index contributed by atoms with van der Waals surface area (Å²) in [5.74, 6) is 1.63. The van der Waals surface area contributed by atoms with Gasteiger partial charge in [0.05, 0.1) is 17.8 Å². The summed E-state index contributed by atoms with van der Waals surface area (Å²) in [5, 5.41) is 4.67. The third-order valence-corrected chi connectivity index (χ3v) is 4.86. The first-order valence-corrected chi connectivity index (χ1v) is 8.44. The Morgan fingerprint density at radius 1 is 1.29 bits per heavy atom. The Labute approximate surface area is 130 Å². The molecule has 1 aliphatic rings. The number of benzene rings is 1. The topological polar surface area (TPSA) is 34.1 Å². The Balaban J connectivity index is 1.74. The van der Waals surface area contributed by atoms with Crippen LogP contribution in [0.15, 0.2) is 24.3 Å². The maximum Gasteiger partial charge on any atom is 0.118 e. The van der Waals surface area contributed by atoms with E-state index in [1.165, 1.54) is 34.0 Å². The lowest BCUT2D eigenvalue weighted by Gasteiger charge is -2.01. The molecule has 3 rings (SSSR count). The lowest BCUT2D eigenvalue weighted by atomic mass is 10.1. The molecule has 0 bridgehead atoms. The SMILES string of the molecule is CCNCc1sc(Cc2ccc(OC)cc2)nc1C1CC1. The molecule has 0 atom stereocenters. The average Bonchev–Trinajstić information content (AvgIpc) is 3.28. The van der Waals surface area contributed by atoms with Gasteiger partial charge in [-0.05, 0) is 37.1 Å². The fourth-order valence-electron chi connectivity index (χ4n) is 2.45. The van der Waals surface area contributed by atoms with E-state index in [0.29, 0.717) is 0 Å². The van der Waals surface area contributed by atoms with Crippen molar-refractivity contribution in [3.63, 3.8) is 0 Å². The zero-order valence-corrected chi connectivity index (χ0v) is 13.5. The lowest BCUT2D eigenvalue weighted by molar-refractivity contribution is 0.414. The van der Waals surface area contributed by atoms with Gasteiger partial charge >= 0.3 is 0 Å². The number of rotatable bonds is 7. The summed E-state index contributed by atoms with van der Waals surface area (Å²) in [6.45, 7) is 4.12. The Morgan fingerprint density at radius 3 is 2.67 bits per heavy atom. The van der Waals surface area contributed by atoms with Crippen molar-refractivity contribution in [3.8, 4) is 5.75 Å². The van der Waals surface area contributed by atoms with E-state index in [9.17, 15) is 0 Å². The highest BCUT2D eigenvalue weighted by Crippen LogP contribution is 2.42. The molecule has 4 heteroatoms. The van der Waals surface area contributed by atoms with Crippen LogP contribution in [0.4, 0.5) is 0 Å². The molecule has 1 fully saturated rings. The van der Waals surface area contributed by atoms with Crippen LogP contribution in [0.1, 0.15) is 46.8 Å². The third kappa shape index (κ3) is 3.63. The second-order valence-electron chi connectivity index (χ2n) is 5.50. The van der Waals surface area contributed by atoms with Gasteiger partial charge in [0.25, 0.3) is 0 Å². The zero-order valence-electron chi connectivity index (χ0n) is 12.7. The van der Waals surface area contributed by atoms with E-state index in [0.717, 1.165) is 31.2 Å². The van der Waals surface area contributed by atoms with Crippen molar-refractivity contribution in [2.24, 2.45) is 0 Å². The van der Waals surface area contributed by atoms with Crippen LogP contribution in [0.3, 0.4) is 0 Å². The van der Waals surface area contributed by atoms with Gasteiger partial charge in [0.1, 0.15) is 5.75 Å². The van der Waals surface area contributed by atoms with E-state index in [-0.39, 0.29) is 0 Å². The summed E-state index contributed by atoms with van der Waals surface area (Å²) >= 11 is 1.87. The van der Waals surface area contributed by atoms with Crippen LogP contribution in [0.5, 0.6) is 5.75 Å². The Morgan fingerprint density at radius 2 is 2.05 bits per heavy atom. The average molecular weight is 302 g/mol. The molecule has 21 heavy (non-hydrogen) atoms. The molecule has 0 aliphatic heterocycles. The van der Waals surface area contributed by atoms with Crippen LogP contribution in [0.2, 0.25) is 0 Å². The Hall–Kier alpha value is -1.39. The lowest BCUT2D eigenvalue weighted by Crippen LogP contribution is -2.11. The number of nitrogens with one attached hydrogen (secondary N) is 1. The van der Waals surface area contributed by atoms with E-state index >= 15 is 0 Å². The first-order valence-electron chi connectivity index (χ1n) is 7.62. The highest BCUT2D eigenvalue weighted by atomic mass is 32.1. The van der Waals surface area contributed by atoms with Crippen molar-refractivity contribution in [2.45, 2.75) is 38.6 Å². The van der Waals surface area contributed by atoms with Gasteiger partial charge in [0, 0.05) is 23.8 Å². The molecule has 0 saturated heterocycles. The smallest absolute Gasteiger partial charge is 0.118 e. The van der Waals surface area contributed by atoms with E-state index in [1.54, 1.807) is 7.11 Å². The monoisotopic (exact) mass is 302 g/mol. The molecule has 0 amide bonds. The highest BCUT2D eigenvalue weighted by molar-refractivity contribution is 7.11. The first kappa shape index (κ1) is 14.5. The summed E-state index contributed by atoms with van der Waals surface area (Å²) in [4.78, 5) is 6.34. The van der Waals surface area contributed by atoms with Gasteiger partial charge in [0.15, 0.2) is 0 Å². The number of nitrogens with zero attached hydrogens (tertiary/aromatic N) is 1. The maximum absolute atomic E-state index is 5.21. The predicted molar refractivity (Wildman–Crippen MR) is 87.3 cm³/mol. The van der Waals surface area contributed by atoms with Gasteiger partial charge in [-0.1, -0.05) is 19.1 Å². The molecule has 1 aromatic heterocycles. The largest absolute Gasteiger partial charge is 0.497 e. The van der Waals surface area contributed by atoms with E-state index in [2.05, 4.69) is 24.4 Å². The van der Waals surface area contributed by atoms with Crippen molar-refractivity contribution < 1.29 is 4.74 Å². The van der Waals surface area contributed by atoms with Crippen LogP contribution >= 0.6 is 11.3 Å². The fourth-order valence-corrected chi connectivity index (χ4v) is 3.61. The standard InChI is InChI=1S/C17H22N2OS/c1-3-18-11-15-17(13-6-7-13)19-16(21-15)10-12-4-8-14(20-2)9-5-12/h4-5,8-9,13,18H,3,6-7,10-11H2,1-2H3. The number of aromatic nitrogens is 1. The molecule has 0 unspecified atom stereocenters. The van der Waals surface area contributed by atoms with Crippen LogP contribution in [0, 0.1) is 0 Å². The number of hydrogen-bond donors (Lipinski definition) is 1. The number of thiazole rings is 1. The molecule has 1 aromatic carbocycles. The molecule has 1 saturated carbocycles. The minimum atomic E-state index is 0.722. The number of methoxy groups -OCH3 is 1. The molecule has 1 N–H and O–H groups in total. The molecule has 1 heterocycles. The highest BCUT2D eigenvalue weighted by Gasteiger charge is 2.29. The van der Waals surface area contributed by atoms with Crippen molar-refractivity contribution in [1.29, 1.82) is 0 Å². The Bertz CT molecular complexity index is 587. The molecular formula is C17H22N2OS. The number of ether oxygens (including phenoxy) is 1. The molecule has 3 nitrogen and oxygen atoms in total. The van der Waals surface area contributed by atoms with Crippen LogP contribution < -0.4 is 10.1 Å². The molecule has 0 spiro atoms. The quantitative estimate of drug-likeness (QED) is 0.846. The molecule has 112 valence electrons. The minimum absolute atomic E-state index is 0.722. The maximum atomic E-state index is 5.21. The summed E-state index contributed by atoms with van der Waals surface area (Å²) in [7, 11) is 1.70. The second-order valence-corrected chi connectivity index (χ2v) is 6.66. The fraction of sp³-hybridized carbons (Fsp3) is 0.471. The van der Waals surface area contributed by atoms with Crippen LogP contribution in [0.25, 0.3) is 0 Å². The summed E-state index contributed by atoms with van der Waals surface area (Å²) in [6.07, 6.45) is 3.54. The van der Waals surface area contributed by atoms with E-state index in [1.807, 2.05) is 23.5 Å². The molecule has 0 radical (unpaired) electrons. The van der Waals surface area contributed by atoms with Gasteiger partial charge < -0.3 is 10.1 Å². The van der Waals surface area contributed by atoms with E-state index < -0.39 is 0 Å². The summed E-state index contributed by atoms with van der Waals surface area (Å²) in [6, 6.07) is 8.29. The molecule has 1 aliphatic carbocycles. The minimum Gasteiger partial charge on any atom is -0.497 e. The normalized spacial score (nSPS) is 14.4. The van der Waals surface area contributed by atoms with E-state index in [4.69, 9.17) is 9.72 Å². The van der Waals surface area contributed by atoms with Crippen molar-refractivity contribution >= 4 is 11.3 Å². The number of hydrogen-bond acceptors (Lipinski definition) is 4. The summed E-state index contributed by atoms with van der Waals surface area (Å²) in [5.41, 5.74) is 2.64. The summed E-state index contributed by atoms with van der Waals surface area (Å²) < 4.78 is 5.21. The second kappa shape index (κ2) is 6.58. The van der Waals surface area contributed by atoms with Crippen molar-refractivity contribution in [3.05, 3.63) is 45.4 Å². The Kier molecular flexibility index (Phi) is 4.56. The van der Waals surface area contributed by atoms with Gasteiger partial charge in [-0.3, -0.25) is 0 Å². The van der Waals surface area contributed by atoms with Crippen LogP contribution in [-0.4, -0.2) is 18.6 Å². The zero-order chi connectivity index (χ0) is 14.7. The first-order chi connectivity index (χ1) is 10.3. The predicted octanol–water partition coefficient (Wildman–Crippen LogP) is 3.73. The third-order valence-electron chi connectivity index (χ3n) is 3.79. The van der Waals surface area contributed by atoms with Gasteiger partial charge in [0.2, 0.25) is 0 Å². The molecular weight excluding hydrogens is 280 g/mol. The van der Waals surface area contributed by atoms with Gasteiger partial charge in [-0.2, -0.15) is 0 Å². The molecule has 2 aromatic rings. The van der Waals surface area contributed by atoms with Crippen LogP contribution in [-0.2, 0) is 13.0 Å². The van der Waals surface area contributed by atoms with Crippen molar-refractivity contribution in [1.82, 2.24) is 10.3 Å².